The van der Waals surface area contributed by atoms with Gasteiger partial charge in [-0.1, -0.05) is 68.4 Å². The van der Waals surface area contributed by atoms with Gasteiger partial charge in [-0.25, -0.2) is 12.8 Å². The molecule has 0 aromatic heterocycles. The average molecular weight is 568 g/mol. The molecule has 1 N–H and O–H groups in total. The first-order valence-electron chi connectivity index (χ1n) is 13.3. The molecule has 0 spiro atoms. The van der Waals surface area contributed by atoms with Crippen LogP contribution < -0.4 is 9.62 Å². The number of sulfonamides is 1. The predicted molar refractivity (Wildman–Crippen MR) is 157 cm³/mol. The summed E-state index contributed by atoms with van der Waals surface area (Å²) in [6.45, 7) is 7.55. The van der Waals surface area contributed by atoms with Crippen LogP contribution in [0, 0.1) is 25.6 Å². The van der Waals surface area contributed by atoms with E-state index in [9.17, 15) is 22.4 Å². The zero-order valence-corrected chi connectivity index (χ0v) is 24.5. The first kappa shape index (κ1) is 30.8. The van der Waals surface area contributed by atoms with Gasteiger partial charge in [-0.3, -0.25) is 13.9 Å². The number of hydrogen-bond donors (Lipinski definition) is 1. The van der Waals surface area contributed by atoms with Crippen molar-refractivity contribution in [1.82, 2.24) is 10.2 Å². The molecule has 1 atom stereocenters. The predicted octanol–water partition coefficient (Wildman–Crippen LogP) is 4.62. The molecule has 0 fully saturated rings. The van der Waals surface area contributed by atoms with Crippen molar-refractivity contribution in [3.05, 3.63) is 101 Å². The van der Waals surface area contributed by atoms with Gasteiger partial charge in [0.25, 0.3) is 0 Å². The lowest BCUT2D eigenvalue weighted by atomic mass is 10.0. The molecule has 1 unspecified atom stereocenters. The molecule has 40 heavy (non-hydrogen) atoms. The van der Waals surface area contributed by atoms with Gasteiger partial charge >= 0.3 is 0 Å². The molecule has 3 aromatic carbocycles. The van der Waals surface area contributed by atoms with Crippen molar-refractivity contribution in [1.29, 1.82) is 0 Å². The Bertz CT molecular complexity index is 1410. The molecule has 0 aliphatic heterocycles. The number of hydrogen-bond acceptors (Lipinski definition) is 4. The Hall–Kier alpha value is -3.72. The number of anilines is 1. The maximum Gasteiger partial charge on any atom is 0.244 e. The van der Waals surface area contributed by atoms with Crippen LogP contribution in [0.3, 0.4) is 0 Å². The molecule has 0 aliphatic rings. The fourth-order valence-electron chi connectivity index (χ4n) is 4.36. The Morgan fingerprint density at radius 3 is 2.15 bits per heavy atom. The lowest BCUT2D eigenvalue weighted by Gasteiger charge is -2.34. The van der Waals surface area contributed by atoms with E-state index in [4.69, 9.17) is 0 Å². The zero-order chi connectivity index (χ0) is 29.4. The van der Waals surface area contributed by atoms with Gasteiger partial charge in [0.15, 0.2) is 0 Å². The Labute approximate surface area is 237 Å². The second kappa shape index (κ2) is 13.6. The Kier molecular flexibility index (Phi) is 10.5. The van der Waals surface area contributed by atoms with Crippen LogP contribution in [0.5, 0.6) is 0 Å². The third-order valence-corrected chi connectivity index (χ3v) is 7.87. The number of carbonyl (C=O) groups is 2. The number of nitrogens with zero attached hydrogens (tertiary/aromatic N) is 2. The van der Waals surface area contributed by atoms with Gasteiger partial charge in [-0.05, 0) is 60.2 Å². The van der Waals surface area contributed by atoms with E-state index in [0.29, 0.717) is 17.8 Å². The molecule has 0 radical (unpaired) electrons. The molecule has 2 amide bonds. The fourth-order valence-corrected chi connectivity index (χ4v) is 5.26. The Morgan fingerprint density at radius 1 is 0.900 bits per heavy atom. The first-order chi connectivity index (χ1) is 18.9. The van der Waals surface area contributed by atoms with Crippen molar-refractivity contribution in [3.8, 4) is 0 Å². The van der Waals surface area contributed by atoms with Crippen LogP contribution in [-0.4, -0.2) is 50.5 Å². The highest BCUT2D eigenvalue weighted by Crippen LogP contribution is 2.26. The maximum absolute atomic E-state index is 14.1. The molecule has 9 heteroatoms. The van der Waals surface area contributed by atoms with Crippen LogP contribution in [0.1, 0.15) is 36.1 Å². The van der Waals surface area contributed by atoms with Crippen LogP contribution in [0.4, 0.5) is 10.1 Å². The number of aryl methyl sites for hydroxylation is 1. The van der Waals surface area contributed by atoms with Gasteiger partial charge in [0.2, 0.25) is 21.8 Å². The van der Waals surface area contributed by atoms with E-state index < -0.39 is 34.3 Å². The van der Waals surface area contributed by atoms with Crippen molar-refractivity contribution in [2.45, 2.75) is 46.7 Å². The second-order valence-electron chi connectivity index (χ2n) is 10.5. The minimum absolute atomic E-state index is 0.00386. The molecule has 0 saturated heterocycles. The SMILES string of the molecule is Cc1cccc(N(CC(=O)N(Cc2ccc(F)cc2)C(Cc2ccccc2)C(=O)NCC(C)C)S(C)(=O)=O)c1C. The fraction of sp³-hybridized carbons (Fsp3) is 0.355. The van der Waals surface area contributed by atoms with Gasteiger partial charge in [0.05, 0.1) is 11.9 Å². The lowest BCUT2D eigenvalue weighted by molar-refractivity contribution is -0.140. The molecule has 7 nitrogen and oxygen atoms in total. The van der Waals surface area contributed by atoms with E-state index in [1.807, 2.05) is 57.2 Å². The molecule has 3 aromatic rings. The van der Waals surface area contributed by atoms with Gasteiger partial charge < -0.3 is 10.2 Å². The van der Waals surface area contributed by atoms with Crippen LogP contribution in [-0.2, 0) is 32.6 Å². The van der Waals surface area contributed by atoms with Crippen LogP contribution in [0.2, 0.25) is 0 Å². The summed E-state index contributed by atoms with van der Waals surface area (Å²) in [7, 11) is -3.85. The van der Waals surface area contributed by atoms with Gasteiger partial charge in [-0.15, -0.1) is 0 Å². The quantitative estimate of drug-likeness (QED) is 0.346. The highest BCUT2D eigenvalue weighted by Gasteiger charge is 2.33. The number of carbonyl (C=O) groups excluding carboxylic acids is 2. The highest BCUT2D eigenvalue weighted by atomic mass is 32.2. The molecule has 0 bridgehead atoms. The number of halogens is 1. The minimum Gasteiger partial charge on any atom is -0.354 e. The summed E-state index contributed by atoms with van der Waals surface area (Å²) < 4.78 is 40.7. The van der Waals surface area contributed by atoms with Gasteiger partial charge in [-0.2, -0.15) is 0 Å². The Balaban J connectivity index is 2.07. The van der Waals surface area contributed by atoms with E-state index >= 15 is 0 Å². The Morgan fingerprint density at radius 2 is 1.55 bits per heavy atom. The molecule has 3 rings (SSSR count). The second-order valence-corrected chi connectivity index (χ2v) is 12.4. The van der Waals surface area contributed by atoms with Crippen molar-refractivity contribution in [3.63, 3.8) is 0 Å². The van der Waals surface area contributed by atoms with Crippen molar-refractivity contribution in [2.75, 3.05) is 23.7 Å². The number of nitrogens with one attached hydrogen (secondary N) is 1. The van der Waals surface area contributed by atoms with E-state index in [1.165, 1.54) is 17.0 Å². The smallest absolute Gasteiger partial charge is 0.244 e. The summed E-state index contributed by atoms with van der Waals surface area (Å²) in [6.07, 6.45) is 1.28. The lowest BCUT2D eigenvalue weighted by Crippen LogP contribution is -2.53. The van der Waals surface area contributed by atoms with E-state index in [0.717, 1.165) is 27.3 Å². The van der Waals surface area contributed by atoms with Crippen molar-refractivity contribution < 1.29 is 22.4 Å². The molecular formula is C31H38FN3O4S. The summed E-state index contributed by atoms with van der Waals surface area (Å²) in [6, 6.07) is 19.4. The zero-order valence-electron chi connectivity index (χ0n) is 23.7. The molecular weight excluding hydrogens is 529 g/mol. The summed E-state index contributed by atoms with van der Waals surface area (Å²) >= 11 is 0. The van der Waals surface area contributed by atoms with Crippen LogP contribution >= 0.6 is 0 Å². The maximum atomic E-state index is 14.1. The normalized spacial score (nSPS) is 12.2. The number of benzene rings is 3. The largest absolute Gasteiger partial charge is 0.354 e. The topological polar surface area (TPSA) is 86.8 Å². The molecule has 214 valence electrons. The van der Waals surface area contributed by atoms with E-state index in [-0.39, 0.29) is 24.8 Å². The summed E-state index contributed by atoms with van der Waals surface area (Å²) in [4.78, 5) is 29.1. The standard InChI is InChI=1S/C31H38FN3O4S/c1-22(2)19-33-31(37)29(18-25-11-7-6-8-12-25)34(20-26-14-16-27(32)17-15-26)30(36)21-35(40(5,38)39)28-13-9-10-23(3)24(28)4/h6-17,22,29H,18-21H2,1-5H3,(H,33,37). The summed E-state index contributed by atoms with van der Waals surface area (Å²) in [5, 5.41) is 2.94. The molecule has 0 heterocycles. The van der Waals surface area contributed by atoms with Gasteiger partial charge in [0, 0.05) is 19.5 Å². The molecule has 0 saturated carbocycles. The minimum atomic E-state index is -3.85. The monoisotopic (exact) mass is 567 g/mol. The first-order valence-corrected chi connectivity index (χ1v) is 15.1. The third kappa shape index (κ3) is 8.39. The third-order valence-electron chi connectivity index (χ3n) is 6.75. The van der Waals surface area contributed by atoms with E-state index in [1.54, 1.807) is 31.2 Å². The van der Waals surface area contributed by atoms with Crippen molar-refractivity contribution >= 4 is 27.5 Å². The number of amides is 2. The van der Waals surface area contributed by atoms with Crippen LogP contribution in [0.25, 0.3) is 0 Å². The van der Waals surface area contributed by atoms with Crippen molar-refractivity contribution in [2.24, 2.45) is 5.92 Å². The number of rotatable bonds is 12. The van der Waals surface area contributed by atoms with E-state index in [2.05, 4.69) is 5.32 Å². The van der Waals surface area contributed by atoms with Crippen LogP contribution in [0.15, 0.2) is 72.8 Å². The van der Waals surface area contributed by atoms with Gasteiger partial charge in [0.1, 0.15) is 18.4 Å². The summed E-state index contributed by atoms with van der Waals surface area (Å²) in [5.74, 6) is -1.12. The molecule has 0 aliphatic carbocycles. The summed E-state index contributed by atoms with van der Waals surface area (Å²) in [5.41, 5.74) is 3.49. The average Bonchev–Trinajstić information content (AvgIpc) is 2.90. The highest BCUT2D eigenvalue weighted by molar-refractivity contribution is 7.92.